The number of carbonyl (C=O) groups is 1. The van der Waals surface area contributed by atoms with Crippen LogP contribution in [-0.2, 0) is 13.0 Å². The zero-order chi connectivity index (χ0) is 21.8. The SMILES string of the molecule is Cc1cc(Cc2cc(C)[nH]n2)nc(-c2ccc(C(=O)NCc3ccc(Cl)cc3)nc2)n1. The van der Waals surface area contributed by atoms with E-state index in [1.165, 1.54) is 0 Å². The van der Waals surface area contributed by atoms with Crippen LogP contribution in [-0.4, -0.2) is 31.1 Å². The van der Waals surface area contributed by atoms with Gasteiger partial charge in [0.15, 0.2) is 5.82 Å². The van der Waals surface area contributed by atoms with Crippen LogP contribution in [0.4, 0.5) is 0 Å². The number of rotatable bonds is 6. The summed E-state index contributed by atoms with van der Waals surface area (Å²) in [6.07, 6.45) is 2.23. The average Bonchev–Trinajstić information content (AvgIpc) is 3.17. The Morgan fingerprint density at radius 3 is 2.52 bits per heavy atom. The molecular weight excluding hydrogens is 412 g/mol. The second kappa shape index (κ2) is 9.06. The maximum Gasteiger partial charge on any atom is 0.270 e. The van der Waals surface area contributed by atoms with E-state index in [2.05, 4.69) is 30.5 Å². The van der Waals surface area contributed by atoms with Gasteiger partial charge in [-0.2, -0.15) is 5.10 Å². The molecule has 4 aromatic rings. The van der Waals surface area contributed by atoms with E-state index in [-0.39, 0.29) is 5.91 Å². The normalized spacial score (nSPS) is 10.8. The van der Waals surface area contributed by atoms with E-state index in [0.717, 1.165) is 33.9 Å². The molecule has 0 fully saturated rings. The van der Waals surface area contributed by atoms with E-state index in [0.29, 0.717) is 29.5 Å². The van der Waals surface area contributed by atoms with Gasteiger partial charge in [-0.05, 0) is 55.8 Å². The van der Waals surface area contributed by atoms with Crippen molar-refractivity contribution in [3.8, 4) is 11.4 Å². The van der Waals surface area contributed by atoms with Crippen molar-refractivity contribution in [1.82, 2.24) is 30.5 Å². The lowest BCUT2D eigenvalue weighted by atomic mass is 10.1. The van der Waals surface area contributed by atoms with Crippen LogP contribution in [0.25, 0.3) is 11.4 Å². The minimum absolute atomic E-state index is 0.249. The maximum absolute atomic E-state index is 12.4. The van der Waals surface area contributed by atoms with Gasteiger partial charge in [0.1, 0.15) is 5.69 Å². The van der Waals surface area contributed by atoms with Crippen LogP contribution in [0.15, 0.2) is 54.7 Å². The standard InChI is InChI=1S/C23H21ClN6O/c1-14-9-19(11-20-10-15(2)29-30-20)28-22(27-14)17-5-8-21(25-13-17)23(31)26-12-16-3-6-18(24)7-4-16/h3-10,13H,11-12H2,1-2H3,(H,26,31)(H,29,30). The summed E-state index contributed by atoms with van der Waals surface area (Å²) in [6, 6.07) is 14.7. The fourth-order valence-electron chi connectivity index (χ4n) is 3.14. The Balaban J connectivity index is 1.45. The molecular formula is C23H21ClN6O. The summed E-state index contributed by atoms with van der Waals surface area (Å²) in [5.41, 5.74) is 5.70. The number of hydrogen-bond acceptors (Lipinski definition) is 5. The molecule has 3 heterocycles. The van der Waals surface area contributed by atoms with Crippen molar-refractivity contribution in [2.24, 2.45) is 0 Å². The highest BCUT2D eigenvalue weighted by atomic mass is 35.5. The van der Waals surface area contributed by atoms with Crippen LogP contribution >= 0.6 is 11.6 Å². The molecule has 156 valence electrons. The lowest BCUT2D eigenvalue weighted by Crippen LogP contribution is -2.23. The first-order valence-corrected chi connectivity index (χ1v) is 10.2. The van der Waals surface area contributed by atoms with Gasteiger partial charge in [-0.15, -0.1) is 0 Å². The molecule has 0 atom stereocenters. The monoisotopic (exact) mass is 432 g/mol. The number of halogens is 1. The number of hydrogen-bond donors (Lipinski definition) is 2. The molecule has 3 aromatic heterocycles. The lowest BCUT2D eigenvalue weighted by molar-refractivity contribution is 0.0946. The number of carbonyl (C=O) groups excluding carboxylic acids is 1. The van der Waals surface area contributed by atoms with E-state index in [9.17, 15) is 4.79 Å². The number of nitrogens with one attached hydrogen (secondary N) is 2. The van der Waals surface area contributed by atoms with Gasteiger partial charge in [0.05, 0.1) is 11.4 Å². The number of H-pyrrole nitrogens is 1. The predicted molar refractivity (Wildman–Crippen MR) is 119 cm³/mol. The fourth-order valence-corrected chi connectivity index (χ4v) is 3.27. The second-order valence-corrected chi connectivity index (χ2v) is 7.72. The maximum atomic E-state index is 12.4. The van der Waals surface area contributed by atoms with Crippen LogP contribution in [0.5, 0.6) is 0 Å². The molecule has 31 heavy (non-hydrogen) atoms. The summed E-state index contributed by atoms with van der Waals surface area (Å²) in [5.74, 6) is 0.323. The summed E-state index contributed by atoms with van der Waals surface area (Å²) in [4.78, 5) is 25.9. The van der Waals surface area contributed by atoms with Crippen LogP contribution in [0.2, 0.25) is 5.02 Å². The summed E-state index contributed by atoms with van der Waals surface area (Å²) < 4.78 is 0. The number of amides is 1. The van der Waals surface area contributed by atoms with Gasteiger partial charge in [0.25, 0.3) is 5.91 Å². The lowest BCUT2D eigenvalue weighted by Gasteiger charge is -2.07. The van der Waals surface area contributed by atoms with E-state index >= 15 is 0 Å². The molecule has 0 saturated carbocycles. The minimum Gasteiger partial charge on any atom is -0.347 e. The Morgan fingerprint density at radius 2 is 1.84 bits per heavy atom. The average molecular weight is 433 g/mol. The van der Waals surface area contributed by atoms with Crippen molar-refractivity contribution in [3.05, 3.63) is 93.8 Å². The Kier molecular flexibility index (Phi) is 6.04. The van der Waals surface area contributed by atoms with Gasteiger partial charge in [0.2, 0.25) is 0 Å². The zero-order valence-electron chi connectivity index (χ0n) is 17.2. The molecule has 7 nitrogen and oxygen atoms in total. The summed E-state index contributed by atoms with van der Waals surface area (Å²) in [6.45, 7) is 4.29. The van der Waals surface area contributed by atoms with E-state index in [1.807, 2.05) is 38.1 Å². The van der Waals surface area contributed by atoms with Crippen LogP contribution in [0.3, 0.4) is 0 Å². The number of benzene rings is 1. The van der Waals surface area contributed by atoms with E-state index in [1.54, 1.807) is 30.5 Å². The molecule has 2 N–H and O–H groups in total. The van der Waals surface area contributed by atoms with Gasteiger partial charge in [-0.25, -0.2) is 9.97 Å². The van der Waals surface area contributed by atoms with Crippen molar-refractivity contribution < 1.29 is 4.79 Å². The van der Waals surface area contributed by atoms with Crippen molar-refractivity contribution in [2.45, 2.75) is 26.8 Å². The van der Waals surface area contributed by atoms with Crippen LogP contribution < -0.4 is 5.32 Å². The number of aromatic nitrogens is 5. The first-order chi connectivity index (χ1) is 15.0. The third kappa shape index (κ3) is 5.32. The highest BCUT2D eigenvalue weighted by molar-refractivity contribution is 6.30. The Morgan fingerprint density at radius 1 is 1.03 bits per heavy atom. The van der Waals surface area contributed by atoms with Crippen LogP contribution in [0.1, 0.15) is 38.8 Å². The van der Waals surface area contributed by atoms with Crippen molar-refractivity contribution >= 4 is 17.5 Å². The summed E-state index contributed by atoms with van der Waals surface area (Å²) >= 11 is 5.88. The van der Waals surface area contributed by atoms with Gasteiger partial charge in [-0.1, -0.05) is 23.7 Å². The summed E-state index contributed by atoms with van der Waals surface area (Å²) in [7, 11) is 0. The van der Waals surface area contributed by atoms with E-state index < -0.39 is 0 Å². The van der Waals surface area contributed by atoms with Gasteiger partial charge < -0.3 is 5.32 Å². The number of pyridine rings is 1. The molecule has 0 unspecified atom stereocenters. The predicted octanol–water partition coefficient (Wildman–Crippen LogP) is 4.05. The molecule has 0 radical (unpaired) electrons. The first kappa shape index (κ1) is 20.7. The second-order valence-electron chi connectivity index (χ2n) is 7.28. The third-order valence-corrected chi connectivity index (χ3v) is 4.90. The molecule has 0 spiro atoms. The van der Waals surface area contributed by atoms with Crippen molar-refractivity contribution in [2.75, 3.05) is 0 Å². The first-order valence-electron chi connectivity index (χ1n) is 9.81. The largest absolute Gasteiger partial charge is 0.347 e. The Labute approximate surface area is 184 Å². The minimum atomic E-state index is -0.249. The summed E-state index contributed by atoms with van der Waals surface area (Å²) in [5, 5.41) is 10.7. The molecule has 0 saturated heterocycles. The molecule has 1 amide bonds. The Bertz CT molecular complexity index is 1200. The smallest absolute Gasteiger partial charge is 0.270 e. The molecule has 0 aliphatic rings. The molecule has 1 aromatic carbocycles. The number of aryl methyl sites for hydroxylation is 2. The third-order valence-electron chi connectivity index (χ3n) is 4.65. The molecule has 0 aliphatic carbocycles. The topological polar surface area (TPSA) is 96.5 Å². The van der Waals surface area contributed by atoms with Gasteiger partial charge >= 0.3 is 0 Å². The molecule has 0 aliphatic heterocycles. The van der Waals surface area contributed by atoms with Crippen LogP contribution in [0, 0.1) is 13.8 Å². The highest BCUT2D eigenvalue weighted by Gasteiger charge is 2.11. The molecule has 4 rings (SSSR count). The zero-order valence-corrected chi connectivity index (χ0v) is 17.9. The molecule has 0 bridgehead atoms. The number of aromatic amines is 1. The van der Waals surface area contributed by atoms with Gasteiger partial charge in [-0.3, -0.25) is 14.9 Å². The fraction of sp³-hybridized carbons (Fsp3) is 0.174. The van der Waals surface area contributed by atoms with Crippen molar-refractivity contribution in [3.63, 3.8) is 0 Å². The molecule has 8 heteroatoms. The number of nitrogens with zero attached hydrogens (tertiary/aromatic N) is 4. The van der Waals surface area contributed by atoms with E-state index in [4.69, 9.17) is 11.6 Å². The quantitative estimate of drug-likeness (QED) is 0.479. The van der Waals surface area contributed by atoms with Gasteiger partial charge in [0, 0.05) is 41.1 Å². The Hall–Kier alpha value is -3.58. The van der Waals surface area contributed by atoms with Crippen molar-refractivity contribution in [1.29, 1.82) is 0 Å². The highest BCUT2D eigenvalue weighted by Crippen LogP contribution is 2.17.